The van der Waals surface area contributed by atoms with Crippen molar-refractivity contribution in [2.45, 2.75) is 37.6 Å². The van der Waals surface area contributed by atoms with Crippen LogP contribution in [0.25, 0.3) is 0 Å². The van der Waals surface area contributed by atoms with E-state index in [-0.39, 0.29) is 0 Å². The summed E-state index contributed by atoms with van der Waals surface area (Å²) in [5, 5.41) is 2.15. The van der Waals surface area contributed by atoms with Gasteiger partial charge >= 0.3 is 0 Å². The summed E-state index contributed by atoms with van der Waals surface area (Å²) >= 11 is 1.85. The maximum atomic E-state index is 6.08. The zero-order chi connectivity index (χ0) is 8.39. The Morgan fingerprint density at radius 2 is 2.17 bits per heavy atom. The number of rotatable bonds is 1. The Balaban J connectivity index is 2.11. The molecule has 1 nitrogen and oxygen atoms in total. The van der Waals surface area contributed by atoms with Crippen LogP contribution in [0.3, 0.4) is 0 Å². The molecule has 1 aliphatic carbocycles. The summed E-state index contributed by atoms with van der Waals surface area (Å²) in [4.78, 5) is 1.49. The van der Waals surface area contributed by atoms with Gasteiger partial charge in [0.1, 0.15) is 0 Å². The van der Waals surface area contributed by atoms with Gasteiger partial charge < -0.3 is 5.73 Å². The molecule has 0 radical (unpaired) electrons. The Morgan fingerprint density at radius 3 is 2.83 bits per heavy atom. The van der Waals surface area contributed by atoms with E-state index in [9.17, 15) is 0 Å². The van der Waals surface area contributed by atoms with Crippen molar-refractivity contribution in [3.05, 3.63) is 22.4 Å². The molecular weight excluding hydrogens is 166 g/mol. The van der Waals surface area contributed by atoms with Gasteiger partial charge in [-0.1, -0.05) is 18.9 Å². The molecule has 0 bridgehead atoms. The summed E-state index contributed by atoms with van der Waals surface area (Å²) in [6.45, 7) is 0. The van der Waals surface area contributed by atoms with Crippen molar-refractivity contribution >= 4 is 11.3 Å². The van der Waals surface area contributed by atoms with Gasteiger partial charge in [0.05, 0.1) is 0 Å². The van der Waals surface area contributed by atoms with E-state index in [1.165, 1.54) is 30.6 Å². The largest absolute Gasteiger partial charge is 0.327 e. The summed E-state index contributed by atoms with van der Waals surface area (Å²) in [6, 6.07) is 4.76. The molecule has 2 N–H and O–H groups in total. The van der Waals surface area contributed by atoms with E-state index < -0.39 is 0 Å². The first-order valence-electron chi connectivity index (χ1n) is 4.67. The Hall–Kier alpha value is -0.340. The highest BCUT2D eigenvalue weighted by Crippen LogP contribution is 2.34. The minimum Gasteiger partial charge on any atom is -0.327 e. The maximum absolute atomic E-state index is 6.08. The van der Waals surface area contributed by atoms with Crippen LogP contribution in [-0.2, 0) is 0 Å². The van der Waals surface area contributed by atoms with Crippen molar-refractivity contribution in [3.8, 4) is 0 Å². The van der Waals surface area contributed by atoms with Gasteiger partial charge in [-0.25, -0.2) is 0 Å². The van der Waals surface area contributed by atoms with Crippen molar-refractivity contribution in [1.82, 2.24) is 0 Å². The lowest BCUT2D eigenvalue weighted by molar-refractivity contribution is 0.389. The summed E-state index contributed by atoms with van der Waals surface area (Å²) in [7, 11) is 0. The van der Waals surface area contributed by atoms with Crippen LogP contribution in [0, 0.1) is 0 Å². The summed E-state index contributed by atoms with van der Waals surface area (Å²) < 4.78 is 0. The first-order chi connectivity index (χ1) is 5.88. The molecule has 2 rings (SSSR count). The average molecular weight is 181 g/mol. The smallest absolute Gasteiger partial charge is 0.0116 e. The Kier molecular flexibility index (Phi) is 2.47. The molecule has 0 amide bonds. The molecule has 0 aromatic carbocycles. The molecule has 2 heteroatoms. The Bertz CT molecular complexity index is 230. The fraction of sp³-hybridized carbons (Fsp3) is 0.600. The highest BCUT2D eigenvalue weighted by molar-refractivity contribution is 7.10. The van der Waals surface area contributed by atoms with Gasteiger partial charge in [0.15, 0.2) is 0 Å². The molecule has 12 heavy (non-hydrogen) atoms. The van der Waals surface area contributed by atoms with E-state index >= 15 is 0 Å². The first-order valence-corrected chi connectivity index (χ1v) is 5.55. The molecule has 1 aromatic rings. The van der Waals surface area contributed by atoms with Crippen molar-refractivity contribution in [2.75, 3.05) is 0 Å². The predicted molar refractivity (Wildman–Crippen MR) is 53.5 cm³/mol. The fourth-order valence-corrected chi connectivity index (χ4v) is 2.95. The zero-order valence-electron chi connectivity index (χ0n) is 7.20. The lowest BCUT2D eigenvalue weighted by Crippen LogP contribution is -2.30. The van der Waals surface area contributed by atoms with Gasteiger partial charge in [-0.05, 0) is 24.3 Å². The third-order valence-corrected chi connectivity index (χ3v) is 3.73. The van der Waals surface area contributed by atoms with Crippen molar-refractivity contribution in [1.29, 1.82) is 0 Å². The Labute approximate surface area is 77.6 Å². The third kappa shape index (κ3) is 1.54. The molecule has 1 heterocycles. The highest BCUT2D eigenvalue weighted by atomic mass is 32.1. The molecule has 66 valence electrons. The van der Waals surface area contributed by atoms with Gasteiger partial charge in [0, 0.05) is 16.8 Å². The van der Waals surface area contributed by atoms with E-state index in [0.717, 1.165) is 0 Å². The maximum Gasteiger partial charge on any atom is 0.0116 e. The van der Waals surface area contributed by atoms with Gasteiger partial charge in [0.2, 0.25) is 0 Å². The lowest BCUT2D eigenvalue weighted by Gasteiger charge is -2.27. The summed E-state index contributed by atoms with van der Waals surface area (Å²) in [6.07, 6.45) is 5.18. The molecule has 0 spiro atoms. The van der Waals surface area contributed by atoms with Gasteiger partial charge in [-0.15, -0.1) is 11.3 Å². The minimum atomic E-state index is 0.414. The van der Waals surface area contributed by atoms with Gasteiger partial charge in [-0.2, -0.15) is 0 Å². The molecule has 1 saturated carbocycles. The van der Waals surface area contributed by atoms with Crippen molar-refractivity contribution in [3.63, 3.8) is 0 Å². The highest BCUT2D eigenvalue weighted by Gasteiger charge is 2.23. The zero-order valence-corrected chi connectivity index (χ0v) is 8.02. The van der Waals surface area contributed by atoms with Gasteiger partial charge in [-0.3, -0.25) is 0 Å². The van der Waals surface area contributed by atoms with Crippen LogP contribution >= 0.6 is 11.3 Å². The monoisotopic (exact) mass is 181 g/mol. The molecule has 1 fully saturated rings. The molecular formula is C10H15NS. The fourth-order valence-electron chi connectivity index (χ4n) is 2.02. The molecule has 2 unspecified atom stereocenters. The Morgan fingerprint density at radius 1 is 1.33 bits per heavy atom. The number of nitrogens with two attached hydrogens (primary N) is 1. The van der Waals surface area contributed by atoms with Crippen LogP contribution in [0.4, 0.5) is 0 Å². The standard InChI is InChI=1S/C10H15NS/c11-9-5-2-1-4-8(9)10-6-3-7-12-10/h3,6-9H,1-2,4-5,11H2. The molecule has 1 aromatic heterocycles. The second-order valence-electron chi connectivity index (χ2n) is 3.57. The summed E-state index contributed by atoms with van der Waals surface area (Å²) in [5.41, 5.74) is 6.08. The van der Waals surface area contributed by atoms with E-state index in [2.05, 4.69) is 17.5 Å². The van der Waals surface area contributed by atoms with Crippen LogP contribution < -0.4 is 5.73 Å². The second kappa shape index (κ2) is 3.58. The van der Waals surface area contributed by atoms with Crippen LogP contribution in [0.2, 0.25) is 0 Å². The van der Waals surface area contributed by atoms with E-state index in [4.69, 9.17) is 5.73 Å². The molecule has 0 aliphatic heterocycles. The quantitative estimate of drug-likeness (QED) is 0.708. The van der Waals surface area contributed by atoms with Crippen LogP contribution in [0.15, 0.2) is 17.5 Å². The minimum absolute atomic E-state index is 0.414. The van der Waals surface area contributed by atoms with Crippen LogP contribution in [0.1, 0.15) is 36.5 Å². The van der Waals surface area contributed by atoms with Crippen molar-refractivity contribution in [2.24, 2.45) is 5.73 Å². The summed E-state index contributed by atoms with van der Waals surface area (Å²) in [5.74, 6) is 0.652. The normalized spacial score (nSPS) is 30.4. The number of thiophene rings is 1. The van der Waals surface area contributed by atoms with Crippen LogP contribution in [-0.4, -0.2) is 6.04 Å². The second-order valence-corrected chi connectivity index (χ2v) is 4.55. The topological polar surface area (TPSA) is 26.0 Å². The van der Waals surface area contributed by atoms with Crippen LogP contribution in [0.5, 0.6) is 0 Å². The number of hydrogen-bond acceptors (Lipinski definition) is 2. The molecule has 0 saturated heterocycles. The SMILES string of the molecule is NC1CCCCC1c1cccs1. The van der Waals surface area contributed by atoms with E-state index in [1.54, 1.807) is 0 Å². The lowest BCUT2D eigenvalue weighted by atomic mass is 9.84. The number of hydrogen-bond donors (Lipinski definition) is 1. The predicted octanol–water partition coefficient (Wildman–Crippen LogP) is 2.73. The van der Waals surface area contributed by atoms with E-state index in [1.807, 2.05) is 11.3 Å². The first kappa shape index (κ1) is 8.27. The molecule has 2 atom stereocenters. The van der Waals surface area contributed by atoms with Crippen molar-refractivity contribution < 1.29 is 0 Å². The molecule has 1 aliphatic rings. The third-order valence-electron chi connectivity index (χ3n) is 2.73. The average Bonchev–Trinajstić information content (AvgIpc) is 2.57. The van der Waals surface area contributed by atoms with Gasteiger partial charge in [0.25, 0.3) is 0 Å². The van der Waals surface area contributed by atoms with E-state index in [0.29, 0.717) is 12.0 Å².